The lowest BCUT2D eigenvalue weighted by molar-refractivity contribution is -0.140. The summed E-state index contributed by atoms with van der Waals surface area (Å²) in [4.78, 5) is 31.1. The van der Waals surface area contributed by atoms with Crippen LogP contribution in [0.1, 0.15) is 36.6 Å². The highest BCUT2D eigenvalue weighted by atomic mass is 16.5. The number of amides is 1. The Hall–Kier alpha value is -3.19. The minimum atomic E-state index is -0.715. The largest absolute Gasteiger partial charge is 0.507 e. The average Bonchev–Trinajstić information content (AvgIpc) is 3.01. The standard InChI is InChI=1S/C24H28N2O5/c1-15(2)14-31-19-6-5-18(13-16(19)3)22(27)20-21(17-7-9-25-10-8-17)26(11-12-30-4)24(29)23(20)28/h5-10,13,15,21,27H,11-12,14H2,1-4H3/b22-20+/t21-/m1/s1. The van der Waals surface area contributed by atoms with Gasteiger partial charge >= 0.3 is 0 Å². The van der Waals surface area contributed by atoms with E-state index >= 15 is 0 Å². The van der Waals surface area contributed by atoms with Crippen molar-refractivity contribution in [1.29, 1.82) is 0 Å². The van der Waals surface area contributed by atoms with Crippen molar-refractivity contribution in [3.05, 3.63) is 65.0 Å². The highest BCUT2D eigenvalue weighted by molar-refractivity contribution is 6.46. The maximum atomic E-state index is 12.9. The number of ether oxygens (including phenoxy) is 2. The lowest BCUT2D eigenvalue weighted by atomic mass is 9.95. The maximum absolute atomic E-state index is 12.9. The second kappa shape index (κ2) is 9.75. The molecule has 1 N–H and O–H groups in total. The second-order valence-corrected chi connectivity index (χ2v) is 7.95. The molecular formula is C24H28N2O5. The molecule has 3 rings (SSSR count). The zero-order valence-electron chi connectivity index (χ0n) is 18.3. The van der Waals surface area contributed by atoms with E-state index in [-0.39, 0.29) is 24.5 Å². The Morgan fingerprint density at radius 3 is 2.52 bits per heavy atom. The van der Waals surface area contributed by atoms with Gasteiger partial charge in [-0.05, 0) is 54.3 Å². The first-order chi connectivity index (χ1) is 14.8. The number of ketones is 1. The predicted molar refractivity (Wildman–Crippen MR) is 117 cm³/mol. The normalized spacial score (nSPS) is 18.1. The van der Waals surface area contributed by atoms with Crippen molar-refractivity contribution in [1.82, 2.24) is 9.88 Å². The third-order valence-corrected chi connectivity index (χ3v) is 5.12. The Bertz CT molecular complexity index is 985. The number of hydrogen-bond donors (Lipinski definition) is 1. The molecule has 0 bridgehead atoms. The Morgan fingerprint density at radius 1 is 1.19 bits per heavy atom. The van der Waals surface area contributed by atoms with Crippen LogP contribution < -0.4 is 4.74 Å². The number of nitrogens with zero attached hydrogens (tertiary/aromatic N) is 2. The van der Waals surface area contributed by atoms with E-state index in [2.05, 4.69) is 18.8 Å². The molecule has 31 heavy (non-hydrogen) atoms. The van der Waals surface area contributed by atoms with E-state index < -0.39 is 17.7 Å². The molecule has 1 aromatic carbocycles. The van der Waals surface area contributed by atoms with E-state index in [0.29, 0.717) is 23.7 Å². The van der Waals surface area contributed by atoms with Crippen molar-refractivity contribution >= 4 is 17.4 Å². The van der Waals surface area contributed by atoms with Gasteiger partial charge in [-0.1, -0.05) is 13.8 Å². The lowest BCUT2D eigenvalue weighted by Crippen LogP contribution is -2.32. The fraction of sp³-hybridized carbons (Fsp3) is 0.375. The van der Waals surface area contributed by atoms with E-state index in [0.717, 1.165) is 11.3 Å². The van der Waals surface area contributed by atoms with Crippen LogP contribution in [0.25, 0.3) is 5.76 Å². The van der Waals surface area contributed by atoms with Crippen LogP contribution in [0.15, 0.2) is 48.3 Å². The van der Waals surface area contributed by atoms with Gasteiger partial charge in [0, 0.05) is 31.6 Å². The summed E-state index contributed by atoms with van der Waals surface area (Å²) in [6.45, 7) is 7.10. The molecule has 2 aromatic rings. The number of aromatic nitrogens is 1. The number of aliphatic hydroxyl groups excluding tert-OH is 1. The third kappa shape index (κ3) is 4.77. The summed E-state index contributed by atoms with van der Waals surface area (Å²) >= 11 is 0. The fourth-order valence-corrected chi connectivity index (χ4v) is 3.56. The van der Waals surface area contributed by atoms with Crippen LogP contribution in [-0.2, 0) is 14.3 Å². The molecule has 0 radical (unpaired) electrons. The number of aryl methyl sites for hydroxylation is 1. The molecule has 1 amide bonds. The zero-order chi connectivity index (χ0) is 22.5. The number of methoxy groups -OCH3 is 1. The summed E-state index contributed by atoms with van der Waals surface area (Å²) in [7, 11) is 1.53. The van der Waals surface area contributed by atoms with E-state index in [1.807, 2.05) is 6.92 Å². The van der Waals surface area contributed by atoms with Crippen molar-refractivity contribution in [2.75, 3.05) is 26.9 Å². The number of hydrogen-bond acceptors (Lipinski definition) is 6. The number of aliphatic hydroxyl groups is 1. The monoisotopic (exact) mass is 424 g/mol. The zero-order valence-corrected chi connectivity index (χ0v) is 18.3. The summed E-state index contributed by atoms with van der Waals surface area (Å²) in [6, 6.07) is 7.99. The van der Waals surface area contributed by atoms with Crippen LogP contribution in [-0.4, -0.2) is 53.5 Å². The molecule has 1 aliphatic rings. The molecule has 164 valence electrons. The topological polar surface area (TPSA) is 89.0 Å². The molecule has 0 aliphatic carbocycles. The number of carbonyl (C=O) groups excluding carboxylic acids is 2. The van der Waals surface area contributed by atoms with Crippen molar-refractivity contribution in [3.8, 4) is 5.75 Å². The van der Waals surface area contributed by atoms with Gasteiger partial charge in [-0.3, -0.25) is 14.6 Å². The minimum Gasteiger partial charge on any atom is -0.507 e. The summed E-state index contributed by atoms with van der Waals surface area (Å²) in [5, 5.41) is 11.1. The van der Waals surface area contributed by atoms with Gasteiger partial charge in [-0.2, -0.15) is 0 Å². The van der Waals surface area contributed by atoms with Crippen LogP contribution in [0.3, 0.4) is 0 Å². The molecule has 0 unspecified atom stereocenters. The summed E-state index contributed by atoms with van der Waals surface area (Å²) in [5.74, 6) is -0.479. The highest BCUT2D eigenvalue weighted by Crippen LogP contribution is 2.39. The fourth-order valence-electron chi connectivity index (χ4n) is 3.56. The summed E-state index contributed by atoms with van der Waals surface area (Å²) in [5.41, 5.74) is 2.04. The first-order valence-corrected chi connectivity index (χ1v) is 10.3. The molecule has 1 aromatic heterocycles. The number of pyridine rings is 1. The summed E-state index contributed by atoms with van der Waals surface area (Å²) in [6.07, 6.45) is 3.19. The second-order valence-electron chi connectivity index (χ2n) is 7.95. The number of carbonyl (C=O) groups is 2. The van der Waals surface area contributed by atoms with Gasteiger partial charge < -0.3 is 19.5 Å². The SMILES string of the molecule is COCCN1C(=O)C(=O)/C(=C(/O)c2ccc(OCC(C)C)c(C)c2)[C@H]1c1ccncc1. The van der Waals surface area contributed by atoms with Crippen molar-refractivity contribution in [3.63, 3.8) is 0 Å². The van der Waals surface area contributed by atoms with Crippen LogP contribution >= 0.6 is 0 Å². The van der Waals surface area contributed by atoms with Crippen LogP contribution in [0, 0.1) is 12.8 Å². The van der Waals surface area contributed by atoms with E-state index in [1.165, 1.54) is 12.0 Å². The van der Waals surface area contributed by atoms with Gasteiger partial charge in [0.2, 0.25) is 0 Å². The molecule has 1 atom stereocenters. The van der Waals surface area contributed by atoms with E-state index in [9.17, 15) is 14.7 Å². The lowest BCUT2D eigenvalue weighted by Gasteiger charge is -2.24. The number of likely N-dealkylation sites (tertiary alicyclic amines) is 1. The predicted octanol–water partition coefficient (Wildman–Crippen LogP) is 3.49. The van der Waals surface area contributed by atoms with Crippen LogP contribution in [0.2, 0.25) is 0 Å². The summed E-state index contributed by atoms with van der Waals surface area (Å²) < 4.78 is 10.9. The Labute approximate surface area is 182 Å². The Balaban J connectivity index is 2.05. The van der Waals surface area contributed by atoms with Crippen LogP contribution in [0.5, 0.6) is 5.75 Å². The molecule has 0 saturated carbocycles. The van der Waals surface area contributed by atoms with Gasteiger partial charge in [-0.15, -0.1) is 0 Å². The maximum Gasteiger partial charge on any atom is 0.295 e. The minimum absolute atomic E-state index is 0.0579. The first-order valence-electron chi connectivity index (χ1n) is 10.3. The first kappa shape index (κ1) is 22.5. The molecule has 1 fully saturated rings. The smallest absolute Gasteiger partial charge is 0.295 e. The average molecular weight is 424 g/mol. The van der Waals surface area contributed by atoms with Gasteiger partial charge in [-0.25, -0.2) is 0 Å². The van der Waals surface area contributed by atoms with Crippen LogP contribution in [0.4, 0.5) is 0 Å². The quantitative estimate of drug-likeness (QED) is 0.396. The van der Waals surface area contributed by atoms with Gasteiger partial charge in [0.1, 0.15) is 11.5 Å². The van der Waals surface area contributed by atoms with Crippen molar-refractivity contribution < 1.29 is 24.2 Å². The van der Waals surface area contributed by atoms with E-state index in [4.69, 9.17) is 9.47 Å². The molecule has 7 nitrogen and oxygen atoms in total. The number of Topliss-reactive ketones (excluding diaryl/α,β-unsaturated/α-hetero) is 1. The Kier molecular flexibility index (Phi) is 7.07. The van der Waals surface area contributed by atoms with Crippen molar-refractivity contribution in [2.45, 2.75) is 26.8 Å². The van der Waals surface area contributed by atoms with Gasteiger partial charge in [0.15, 0.2) is 0 Å². The highest BCUT2D eigenvalue weighted by Gasteiger charge is 2.45. The molecule has 0 spiro atoms. The number of rotatable bonds is 8. The Morgan fingerprint density at radius 2 is 1.90 bits per heavy atom. The van der Waals surface area contributed by atoms with Gasteiger partial charge in [0.05, 0.1) is 24.8 Å². The molecule has 1 saturated heterocycles. The van der Waals surface area contributed by atoms with E-state index in [1.54, 1.807) is 42.7 Å². The third-order valence-electron chi connectivity index (χ3n) is 5.12. The molecule has 7 heteroatoms. The van der Waals surface area contributed by atoms with Crippen molar-refractivity contribution in [2.24, 2.45) is 5.92 Å². The molecular weight excluding hydrogens is 396 g/mol. The van der Waals surface area contributed by atoms with Gasteiger partial charge in [0.25, 0.3) is 11.7 Å². The molecule has 1 aliphatic heterocycles. The number of benzene rings is 1. The molecule has 2 heterocycles.